The maximum absolute atomic E-state index is 11.3. The summed E-state index contributed by atoms with van der Waals surface area (Å²) in [5, 5.41) is 0. The van der Waals surface area contributed by atoms with E-state index in [-0.39, 0.29) is 5.69 Å². The molecule has 0 unspecified atom stereocenters. The van der Waals surface area contributed by atoms with E-state index in [1.807, 2.05) is 42.5 Å². The van der Waals surface area contributed by atoms with E-state index in [0.717, 1.165) is 34.5 Å². The first-order chi connectivity index (χ1) is 10.8. The molecule has 5 heteroatoms. The topological polar surface area (TPSA) is 70.2 Å². The van der Waals surface area contributed by atoms with Crippen LogP contribution in [0.5, 0.6) is 5.75 Å². The Bertz CT molecular complexity index is 861. The number of benzene rings is 2. The molecule has 5 nitrogen and oxygen atoms in total. The minimum Gasteiger partial charge on any atom is -0.493 e. The number of hydrogen-bond acceptors (Lipinski definition) is 3. The van der Waals surface area contributed by atoms with Gasteiger partial charge in [-0.25, -0.2) is 4.79 Å². The molecule has 0 aliphatic rings. The number of imidazole rings is 1. The van der Waals surface area contributed by atoms with Crippen LogP contribution in [0.3, 0.4) is 0 Å². The zero-order valence-corrected chi connectivity index (χ0v) is 12.3. The number of rotatable bonds is 5. The molecule has 0 fully saturated rings. The van der Waals surface area contributed by atoms with E-state index in [4.69, 9.17) is 4.74 Å². The van der Waals surface area contributed by atoms with Gasteiger partial charge in [-0.1, -0.05) is 19.1 Å². The third-order valence-electron chi connectivity index (χ3n) is 3.23. The van der Waals surface area contributed by atoms with Crippen LogP contribution in [0.15, 0.2) is 52.3 Å². The van der Waals surface area contributed by atoms with Gasteiger partial charge in [0.2, 0.25) is 0 Å². The van der Waals surface area contributed by atoms with Crippen LogP contribution in [-0.4, -0.2) is 22.8 Å². The molecule has 1 aromatic heterocycles. The van der Waals surface area contributed by atoms with E-state index in [1.54, 1.807) is 6.21 Å². The minimum absolute atomic E-state index is 0.213. The number of nitrogens with one attached hydrogen (secondary N) is 2. The van der Waals surface area contributed by atoms with Crippen molar-refractivity contribution in [3.05, 3.63) is 58.5 Å². The lowest BCUT2D eigenvalue weighted by molar-refractivity contribution is 0.317. The highest BCUT2D eigenvalue weighted by atomic mass is 16.5. The third kappa shape index (κ3) is 3.09. The van der Waals surface area contributed by atoms with Crippen LogP contribution in [-0.2, 0) is 0 Å². The smallest absolute Gasteiger partial charge is 0.323 e. The van der Waals surface area contributed by atoms with Crippen molar-refractivity contribution in [2.45, 2.75) is 13.3 Å². The number of aromatic nitrogens is 2. The first-order valence-electron chi connectivity index (χ1n) is 7.24. The summed E-state index contributed by atoms with van der Waals surface area (Å²) in [7, 11) is 0. The molecule has 0 spiro atoms. The maximum atomic E-state index is 11.3. The number of aliphatic imine (C=N–C) groups is 1. The van der Waals surface area contributed by atoms with Gasteiger partial charge in [0.25, 0.3) is 0 Å². The van der Waals surface area contributed by atoms with Crippen LogP contribution in [0.4, 0.5) is 5.69 Å². The lowest BCUT2D eigenvalue weighted by atomic mass is 10.2. The van der Waals surface area contributed by atoms with Crippen LogP contribution in [0.25, 0.3) is 11.0 Å². The van der Waals surface area contributed by atoms with E-state index in [0.29, 0.717) is 6.61 Å². The molecule has 0 aliphatic carbocycles. The summed E-state index contributed by atoms with van der Waals surface area (Å²) < 4.78 is 5.70. The van der Waals surface area contributed by atoms with E-state index >= 15 is 0 Å². The van der Waals surface area contributed by atoms with Crippen molar-refractivity contribution >= 4 is 22.9 Å². The molecule has 0 atom stereocenters. The molecule has 3 aromatic rings. The summed E-state index contributed by atoms with van der Waals surface area (Å²) in [6.45, 7) is 2.75. The lowest BCUT2D eigenvalue weighted by Crippen LogP contribution is -1.99. The first-order valence-corrected chi connectivity index (χ1v) is 7.24. The Balaban J connectivity index is 1.87. The van der Waals surface area contributed by atoms with Gasteiger partial charge in [-0.05, 0) is 36.8 Å². The Morgan fingerprint density at radius 3 is 2.82 bits per heavy atom. The average molecular weight is 295 g/mol. The van der Waals surface area contributed by atoms with E-state index in [2.05, 4.69) is 21.9 Å². The zero-order valence-electron chi connectivity index (χ0n) is 12.3. The second-order valence-electron chi connectivity index (χ2n) is 4.95. The molecule has 0 saturated heterocycles. The number of aromatic amines is 2. The van der Waals surface area contributed by atoms with Crippen LogP contribution in [0.1, 0.15) is 18.9 Å². The van der Waals surface area contributed by atoms with Crippen molar-refractivity contribution in [3.8, 4) is 5.75 Å². The predicted molar refractivity (Wildman–Crippen MR) is 88.4 cm³/mol. The fraction of sp³-hybridized carbons (Fsp3) is 0.176. The Morgan fingerprint density at radius 2 is 1.95 bits per heavy atom. The standard InChI is InChI=1S/C17H17N3O2/c1-2-9-22-16-6-4-3-5-12(16)11-18-13-7-8-14-15(10-13)20-17(21)19-14/h3-8,10-11H,2,9H2,1H3,(H2,19,20,21). The summed E-state index contributed by atoms with van der Waals surface area (Å²) in [5.74, 6) is 0.823. The van der Waals surface area contributed by atoms with Gasteiger partial charge in [0, 0.05) is 11.8 Å². The van der Waals surface area contributed by atoms with E-state index < -0.39 is 0 Å². The minimum atomic E-state index is -0.213. The van der Waals surface area contributed by atoms with Gasteiger partial charge in [0.15, 0.2) is 0 Å². The molecular formula is C17H17N3O2. The Labute approximate surface area is 127 Å². The summed E-state index contributed by atoms with van der Waals surface area (Å²) in [4.78, 5) is 21.2. The Hall–Kier alpha value is -2.82. The first kappa shape index (κ1) is 14.1. The van der Waals surface area contributed by atoms with E-state index in [9.17, 15) is 4.79 Å². The van der Waals surface area contributed by atoms with Gasteiger partial charge in [-0.15, -0.1) is 0 Å². The third-order valence-corrected chi connectivity index (χ3v) is 3.23. The highest BCUT2D eigenvalue weighted by molar-refractivity contribution is 5.86. The molecule has 22 heavy (non-hydrogen) atoms. The van der Waals surface area contributed by atoms with Gasteiger partial charge in [-0.2, -0.15) is 0 Å². The Kier molecular flexibility index (Phi) is 4.05. The number of para-hydroxylation sites is 1. The molecular weight excluding hydrogens is 278 g/mol. The Morgan fingerprint density at radius 1 is 1.14 bits per heavy atom. The number of fused-ring (bicyclic) bond motifs is 1. The number of H-pyrrole nitrogens is 2. The van der Waals surface area contributed by atoms with Crippen LogP contribution in [0, 0.1) is 0 Å². The quantitative estimate of drug-likeness (QED) is 0.708. The molecule has 2 aromatic carbocycles. The van der Waals surface area contributed by atoms with E-state index in [1.165, 1.54) is 0 Å². The van der Waals surface area contributed by atoms with Crippen molar-refractivity contribution in [1.82, 2.24) is 9.97 Å². The normalized spacial score (nSPS) is 11.3. The summed E-state index contributed by atoms with van der Waals surface area (Å²) >= 11 is 0. The SMILES string of the molecule is CCCOc1ccccc1C=Nc1ccc2[nH]c(=O)[nH]c2c1. The molecule has 2 N–H and O–H groups in total. The van der Waals surface area contributed by atoms with Crippen molar-refractivity contribution < 1.29 is 4.74 Å². The van der Waals surface area contributed by atoms with Gasteiger partial charge in [-0.3, -0.25) is 4.99 Å². The van der Waals surface area contributed by atoms with Crippen molar-refractivity contribution in [1.29, 1.82) is 0 Å². The highest BCUT2D eigenvalue weighted by Gasteiger charge is 2.01. The second kappa shape index (κ2) is 6.30. The highest BCUT2D eigenvalue weighted by Crippen LogP contribution is 2.20. The van der Waals surface area contributed by atoms with Gasteiger partial charge >= 0.3 is 5.69 Å². The van der Waals surface area contributed by atoms with Crippen molar-refractivity contribution in [3.63, 3.8) is 0 Å². The zero-order chi connectivity index (χ0) is 15.4. The summed E-state index contributed by atoms with van der Waals surface area (Å²) in [6.07, 6.45) is 2.74. The lowest BCUT2D eigenvalue weighted by Gasteiger charge is -2.07. The monoisotopic (exact) mass is 295 g/mol. The molecule has 112 valence electrons. The number of ether oxygens (including phenoxy) is 1. The summed E-state index contributed by atoms with van der Waals surface area (Å²) in [5.41, 5.74) is 3.01. The molecule has 1 heterocycles. The number of hydrogen-bond donors (Lipinski definition) is 2. The van der Waals surface area contributed by atoms with Crippen LogP contribution < -0.4 is 10.4 Å². The largest absolute Gasteiger partial charge is 0.493 e. The fourth-order valence-corrected chi connectivity index (χ4v) is 2.18. The maximum Gasteiger partial charge on any atom is 0.323 e. The molecule has 0 radical (unpaired) electrons. The molecule has 0 saturated carbocycles. The van der Waals surface area contributed by atoms with Gasteiger partial charge in [0.05, 0.1) is 23.3 Å². The molecule has 0 aliphatic heterocycles. The fourth-order valence-electron chi connectivity index (χ4n) is 2.18. The molecule has 0 bridgehead atoms. The summed E-state index contributed by atoms with van der Waals surface area (Å²) in [6, 6.07) is 13.3. The van der Waals surface area contributed by atoms with Gasteiger partial charge < -0.3 is 14.7 Å². The predicted octanol–water partition coefficient (Wildman–Crippen LogP) is 3.40. The number of nitrogens with zero attached hydrogens (tertiary/aromatic N) is 1. The van der Waals surface area contributed by atoms with Crippen LogP contribution >= 0.6 is 0 Å². The molecule has 0 amide bonds. The van der Waals surface area contributed by atoms with Crippen molar-refractivity contribution in [2.75, 3.05) is 6.61 Å². The van der Waals surface area contributed by atoms with Crippen LogP contribution in [0.2, 0.25) is 0 Å². The van der Waals surface area contributed by atoms with Crippen molar-refractivity contribution in [2.24, 2.45) is 4.99 Å². The van der Waals surface area contributed by atoms with Gasteiger partial charge in [0.1, 0.15) is 5.75 Å². The average Bonchev–Trinajstić information content (AvgIpc) is 2.91. The second-order valence-corrected chi connectivity index (χ2v) is 4.95. The molecule has 3 rings (SSSR count).